The van der Waals surface area contributed by atoms with Crippen LogP contribution in [0, 0.1) is 0 Å². The summed E-state index contributed by atoms with van der Waals surface area (Å²) in [6, 6.07) is 5.32. The minimum absolute atomic E-state index is 0.00317. The Kier molecular flexibility index (Phi) is 6.25. The average molecular weight is 404 g/mol. The van der Waals surface area contributed by atoms with Crippen LogP contribution in [0.25, 0.3) is 0 Å². The summed E-state index contributed by atoms with van der Waals surface area (Å²) in [7, 11) is 3.17. The lowest BCUT2D eigenvalue weighted by Gasteiger charge is -2.34. The number of hydrogen-bond acceptors (Lipinski definition) is 6. The van der Waals surface area contributed by atoms with Crippen LogP contribution in [0.5, 0.6) is 11.5 Å². The number of thiazole rings is 1. The maximum absolute atomic E-state index is 12.9. The van der Waals surface area contributed by atoms with E-state index in [1.54, 1.807) is 43.8 Å². The molecular formula is C21H29N3O3S. The maximum atomic E-state index is 12.9. The number of methoxy groups -OCH3 is 2. The summed E-state index contributed by atoms with van der Waals surface area (Å²) in [6.45, 7) is 10.5. The molecule has 1 fully saturated rings. The van der Waals surface area contributed by atoms with Gasteiger partial charge in [0.25, 0.3) is 5.91 Å². The number of nitrogens with zero attached hydrogens (tertiary/aromatic N) is 3. The minimum Gasteiger partial charge on any atom is -0.497 e. The number of carbonyl (C=O) groups excluding carboxylic acids is 1. The van der Waals surface area contributed by atoms with E-state index in [-0.39, 0.29) is 11.3 Å². The Hall–Kier alpha value is -2.12. The van der Waals surface area contributed by atoms with E-state index in [4.69, 9.17) is 14.5 Å². The maximum Gasteiger partial charge on any atom is 0.257 e. The van der Waals surface area contributed by atoms with Gasteiger partial charge in [-0.1, -0.05) is 20.8 Å². The van der Waals surface area contributed by atoms with E-state index in [1.807, 2.05) is 4.90 Å². The Morgan fingerprint density at radius 2 is 1.86 bits per heavy atom. The number of hydrogen-bond donors (Lipinski definition) is 0. The molecule has 0 spiro atoms. The summed E-state index contributed by atoms with van der Waals surface area (Å²) in [4.78, 5) is 22.0. The van der Waals surface area contributed by atoms with Crippen LogP contribution in [0.1, 0.15) is 41.8 Å². The van der Waals surface area contributed by atoms with Gasteiger partial charge in [0.05, 0.1) is 32.0 Å². The lowest BCUT2D eigenvalue weighted by atomic mass is 9.93. The van der Waals surface area contributed by atoms with Crippen molar-refractivity contribution in [3.05, 3.63) is 39.8 Å². The van der Waals surface area contributed by atoms with Gasteiger partial charge in [0.15, 0.2) is 0 Å². The summed E-state index contributed by atoms with van der Waals surface area (Å²) < 4.78 is 10.6. The van der Waals surface area contributed by atoms with Crippen molar-refractivity contribution in [3.63, 3.8) is 0 Å². The molecule has 0 atom stereocenters. The van der Waals surface area contributed by atoms with Gasteiger partial charge < -0.3 is 14.4 Å². The Morgan fingerprint density at radius 3 is 2.43 bits per heavy atom. The van der Waals surface area contributed by atoms with Gasteiger partial charge in [-0.05, 0) is 12.1 Å². The quantitative estimate of drug-likeness (QED) is 0.766. The zero-order chi connectivity index (χ0) is 20.3. The Labute approximate surface area is 171 Å². The van der Waals surface area contributed by atoms with Gasteiger partial charge in [-0.3, -0.25) is 9.69 Å². The number of aromatic nitrogens is 1. The van der Waals surface area contributed by atoms with Gasteiger partial charge in [0.1, 0.15) is 16.5 Å². The largest absolute Gasteiger partial charge is 0.497 e. The predicted molar refractivity (Wildman–Crippen MR) is 112 cm³/mol. The second-order valence-corrected chi connectivity index (χ2v) is 8.95. The molecule has 3 rings (SSSR count). The predicted octanol–water partition coefficient (Wildman–Crippen LogP) is 3.42. The highest BCUT2D eigenvalue weighted by Gasteiger charge is 2.25. The van der Waals surface area contributed by atoms with E-state index in [1.165, 1.54) is 0 Å². The van der Waals surface area contributed by atoms with Crippen LogP contribution in [0.15, 0.2) is 23.6 Å². The molecule has 1 amide bonds. The van der Waals surface area contributed by atoms with E-state index in [0.29, 0.717) is 30.2 Å². The Balaban J connectivity index is 1.59. The van der Waals surface area contributed by atoms with Crippen LogP contribution in [0.2, 0.25) is 0 Å². The van der Waals surface area contributed by atoms with Gasteiger partial charge in [-0.2, -0.15) is 0 Å². The average Bonchev–Trinajstić information content (AvgIpc) is 3.16. The standard InChI is InChI=1S/C21H29N3O3S/c1-21(2,3)18-14-28-19(22-18)13-23-8-10-24(11-9-23)20(25)16-7-6-15(26-4)12-17(16)27-5/h6-7,12,14H,8-11,13H2,1-5H3. The first-order chi connectivity index (χ1) is 13.3. The van der Waals surface area contributed by atoms with Crippen molar-refractivity contribution in [2.75, 3.05) is 40.4 Å². The van der Waals surface area contributed by atoms with Crippen LogP contribution in [0.4, 0.5) is 0 Å². The summed E-state index contributed by atoms with van der Waals surface area (Å²) in [5, 5.41) is 3.30. The fourth-order valence-corrected chi connectivity index (χ4v) is 4.24. The van der Waals surface area contributed by atoms with Gasteiger partial charge in [0.2, 0.25) is 0 Å². The molecule has 28 heavy (non-hydrogen) atoms. The summed E-state index contributed by atoms with van der Waals surface area (Å²) >= 11 is 1.72. The zero-order valence-corrected chi connectivity index (χ0v) is 18.1. The van der Waals surface area contributed by atoms with E-state index in [2.05, 4.69) is 31.1 Å². The summed E-state index contributed by atoms with van der Waals surface area (Å²) in [5.41, 5.74) is 1.80. The number of ether oxygens (including phenoxy) is 2. The number of rotatable bonds is 5. The smallest absolute Gasteiger partial charge is 0.257 e. The van der Waals surface area contributed by atoms with Crippen molar-refractivity contribution in [1.82, 2.24) is 14.8 Å². The highest BCUT2D eigenvalue weighted by molar-refractivity contribution is 7.09. The van der Waals surface area contributed by atoms with Crippen LogP contribution < -0.4 is 9.47 Å². The number of piperazine rings is 1. The highest BCUT2D eigenvalue weighted by atomic mass is 32.1. The molecule has 0 N–H and O–H groups in total. The van der Waals surface area contributed by atoms with Crippen molar-refractivity contribution >= 4 is 17.2 Å². The van der Waals surface area contributed by atoms with Crippen molar-refractivity contribution in [3.8, 4) is 11.5 Å². The molecule has 1 aliphatic rings. The topological polar surface area (TPSA) is 54.9 Å². The molecule has 2 heterocycles. The lowest BCUT2D eigenvalue weighted by molar-refractivity contribution is 0.0625. The number of carbonyl (C=O) groups is 1. The molecule has 1 aromatic heterocycles. The van der Waals surface area contributed by atoms with Crippen LogP contribution in [-0.4, -0.2) is 61.1 Å². The Bertz CT molecular complexity index is 821. The second kappa shape index (κ2) is 8.49. The number of benzene rings is 1. The van der Waals surface area contributed by atoms with Crippen LogP contribution in [0.3, 0.4) is 0 Å². The van der Waals surface area contributed by atoms with E-state index >= 15 is 0 Å². The third-order valence-corrected chi connectivity index (χ3v) is 5.81. The summed E-state index contributed by atoms with van der Waals surface area (Å²) in [5.74, 6) is 1.23. The molecule has 1 aliphatic heterocycles. The minimum atomic E-state index is 0.00317. The molecule has 2 aromatic rings. The van der Waals surface area contributed by atoms with Gasteiger partial charge in [-0.25, -0.2) is 4.98 Å². The third kappa shape index (κ3) is 4.64. The van der Waals surface area contributed by atoms with E-state index in [0.717, 1.165) is 30.3 Å². The first-order valence-corrected chi connectivity index (χ1v) is 10.4. The normalized spacial score (nSPS) is 15.5. The third-order valence-electron chi connectivity index (χ3n) is 4.98. The molecule has 1 aromatic carbocycles. The molecule has 1 saturated heterocycles. The van der Waals surface area contributed by atoms with E-state index < -0.39 is 0 Å². The van der Waals surface area contributed by atoms with E-state index in [9.17, 15) is 4.79 Å². The first-order valence-electron chi connectivity index (χ1n) is 9.50. The molecule has 7 heteroatoms. The van der Waals surface area contributed by atoms with Crippen LogP contribution >= 0.6 is 11.3 Å². The van der Waals surface area contributed by atoms with Crippen molar-refractivity contribution in [2.45, 2.75) is 32.7 Å². The molecular weight excluding hydrogens is 374 g/mol. The van der Waals surface area contributed by atoms with Crippen molar-refractivity contribution in [1.29, 1.82) is 0 Å². The first kappa shape index (κ1) is 20.6. The molecule has 152 valence electrons. The van der Waals surface area contributed by atoms with Gasteiger partial charge in [-0.15, -0.1) is 11.3 Å². The summed E-state index contributed by atoms with van der Waals surface area (Å²) in [6.07, 6.45) is 0. The molecule has 0 saturated carbocycles. The fraction of sp³-hybridized carbons (Fsp3) is 0.524. The molecule has 0 bridgehead atoms. The number of amides is 1. The fourth-order valence-electron chi connectivity index (χ4n) is 3.17. The zero-order valence-electron chi connectivity index (χ0n) is 17.3. The lowest BCUT2D eigenvalue weighted by Crippen LogP contribution is -2.48. The molecule has 6 nitrogen and oxygen atoms in total. The second-order valence-electron chi connectivity index (χ2n) is 8.01. The molecule has 0 unspecified atom stereocenters. The Morgan fingerprint density at radius 1 is 1.14 bits per heavy atom. The SMILES string of the molecule is COc1ccc(C(=O)N2CCN(Cc3nc(C(C)(C)C)cs3)CC2)c(OC)c1. The molecule has 0 radical (unpaired) electrons. The van der Waals surface area contributed by atoms with Gasteiger partial charge in [0, 0.05) is 43.0 Å². The van der Waals surface area contributed by atoms with Crippen molar-refractivity contribution in [2.24, 2.45) is 0 Å². The monoisotopic (exact) mass is 403 g/mol. The van der Waals surface area contributed by atoms with Crippen LogP contribution in [-0.2, 0) is 12.0 Å². The van der Waals surface area contributed by atoms with Gasteiger partial charge >= 0.3 is 0 Å². The highest BCUT2D eigenvalue weighted by Crippen LogP contribution is 2.27. The van der Waals surface area contributed by atoms with Crippen molar-refractivity contribution < 1.29 is 14.3 Å². The molecule has 0 aliphatic carbocycles.